The molecule has 0 unspecified atom stereocenters. The number of unbranched alkanes of at least 4 members (excludes halogenated alkanes) is 1. The van der Waals surface area contributed by atoms with E-state index in [1.807, 2.05) is 4.57 Å². The Morgan fingerprint density at radius 3 is 2.47 bits per heavy atom. The predicted molar refractivity (Wildman–Crippen MR) is 72.0 cm³/mol. The van der Waals surface area contributed by atoms with Gasteiger partial charge in [0.15, 0.2) is 0 Å². The molecular formula is C13H22N4. The highest BCUT2D eigenvalue weighted by Crippen LogP contribution is 2.28. The molecule has 1 aromatic heterocycles. The largest absolute Gasteiger partial charge is 0.396 e. The van der Waals surface area contributed by atoms with Crippen molar-refractivity contribution in [1.29, 1.82) is 5.26 Å². The van der Waals surface area contributed by atoms with Gasteiger partial charge in [0.1, 0.15) is 17.6 Å². The fourth-order valence-corrected chi connectivity index (χ4v) is 2.07. The lowest BCUT2D eigenvalue weighted by Crippen LogP contribution is -2.26. The highest BCUT2D eigenvalue weighted by Gasteiger charge is 2.16. The summed E-state index contributed by atoms with van der Waals surface area (Å²) in [5, 5.41) is 9.14. The second kappa shape index (κ2) is 6.19. The Bertz CT molecular complexity index is 396. The van der Waals surface area contributed by atoms with Crippen molar-refractivity contribution in [3.63, 3.8) is 0 Å². The van der Waals surface area contributed by atoms with Crippen molar-refractivity contribution < 1.29 is 0 Å². The number of hydrogen-bond acceptors (Lipinski definition) is 3. The summed E-state index contributed by atoms with van der Waals surface area (Å²) in [6.07, 6.45) is 2.18. The van der Waals surface area contributed by atoms with E-state index in [0.717, 1.165) is 38.3 Å². The van der Waals surface area contributed by atoms with Gasteiger partial charge < -0.3 is 15.2 Å². The monoisotopic (exact) mass is 234 g/mol. The summed E-state index contributed by atoms with van der Waals surface area (Å²) in [4.78, 5) is 2.20. The van der Waals surface area contributed by atoms with E-state index < -0.39 is 0 Å². The fraction of sp³-hybridized carbons (Fsp3) is 0.615. The van der Waals surface area contributed by atoms with Gasteiger partial charge in [-0.2, -0.15) is 5.26 Å². The molecular weight excluding hydrogens is 212 g/mol. The second-order valence-corrected chi connectivity index (χ2v) is 4.10. The molecule has 0 saturated carbocycles. The van der Waals surface area contributed by atoms with Crippen molar-refractivity contribution in [1.82, 2.24) is 4.57 Å². The zero-order valence-corrected chi connectivity index (χ0v) is 11.0. The van der Waals surface area contributed by atoms with Gasteiger partial charge in [-0.15, -0.1) is 0 Å². The Morgan fingerprint density at radius 1 is 1.35 bits per heavy atom. The normalized spacial score (nSPS) is 10.2. The molecule has 0 amide bonds. The minimum absolute atomic E-state index is 0.665. The van der Waals surface area contributed by atoms with E-state index in [1.54, 1.807) is 6.07 Å². The van der Waals surface area contributed by atoms with E-state index in [-0.39, 0.29) is 0 Å². The van der Waals surface area contributed by atoms with Crippen LogP contribution in [0.4, 0.5) is 11.5 Å². The van der Waals surface area contributed by atoms with Crippen LogP contribution < -0.4 is 10.6 Å². The van der Waals surface area contributed by atoms with E-state index in [4.69, 9.17) is 11.0 Å². The summed E-state index contributed by atoms with van der Waals surface area (Å²) in [7, 11) is 0. The number of hydrogen-bond donors (Lipinski definition) is 1. The number of nitrogens with zero attached hydrogens (tertiary/aromatic N) is 3. The molecule has 94 valence electrons. The number of aromatic nitrogens is 1. The molecule has 1 heterocycles. The van der Waals surface area contributed by atoms with E-state index in [9.17, 15) is 0 Å². The van der Waals surface area contributed by atoms with Crippen LogP contribution in [0.2, 0.25) is 0 Å². The molecule has 0 fully saturated rings. The average Bonchev–Trinajstić information content (AvgIpc) is 2.65. The van der Waals surface area contributed by atoms with Crippen LogP contribution in [-0.4, -0.2) is 17.7 Å². The molecule has 0 saturated heterocycles. The van der Waals surface area contributed by atoms with Crippen molar-refractivity contribution in [2.75, 3.05) is 23.7 Å². The zero-order valence-electron chi connectivity index (χ0n) is 11.0. The first-order valence-corrected chi connectivity index (χ1v) is 6.33. The van der Waals surface area contributed by atoms with Crippen LogP contribution in [0.1, 0.15) is 39.3 Å². The molecule has 0 aliphatic heterocycles. The van der Waals surface area contributed by atoms with Crippen molar-refractivity contribution in [2.24, 2.45) is 0 Å². The maximum absolute atomic E-state index is 9.14. The Kier molecular flexibility index (Phi) is 4.89. The van der Waals surface area contributed by atoms with Gasteiger partial charge in [0.25, 0.3) is 0 Å². The summed E-state index contributed by atoms with van der Waals surface area (Å²) >= 11 is 0. The molecule has 0 bridgehead atoms. The van der Waals surface area contributed by atoms with Crippen LogP contribution in [0, 0.1) is 11.3 Å². The van der Waals surface area contributed by atoms with Crippen LogP contribution in [0.3, 0.4) is 0 Å². The first-order chi connectivity index (χ1) is 8.19. The summed E-state index contributed by atoms with van der Waals surface area (Å²) < 4.78 is 2.05. The predicted octanol–water partition coefficient (Wildman–Crippen LogP) is 2.59. The first kappa shape index (κ1) is 13.4. The number of nitrogens with two attached hydrogens (primary N) is 1. The quantitative estimate of drug-likeness (QED) is 0.823. The second-order valence-electron chi connectivity index (χ2n) is 4.10. The average molecular weight is 234 g/mol. The number of anilines is 2. The Morgan fingerprint density at radius 2 is 2.00 bits per heavy atom. The Labute approximate surface area is 104 Å². The van der Waals surface area contributed by atoms with Gasteiger partial charge in [-0.1, -0.05) is 13.3 Å². The van der Waals surface area contributed by atoms with E-state index in [1.165, 1.54) is 0 Å². The van der Waals surface area contributed by atoms with Crippen LogP contribution in [0.5, 0.6) is 0 Å². The van der Waals surface area contributed by atoms with E-state index in [2.05, 4.69) is 31.7 Å². The Hall–Kier alpha value is -1.63. The third kappa shape index (κ3) is 2.73. The van der Waals surface area contributed by atoms with Crippen molar-refractivity contribution in [2.45, 2.75) is 40.2 Å². The number of rotatable bonds is 6. The maximum Gasteiger partial charge on any atom is 0.133 e. The first-order valence-electron chi connectivity index (χ1n) is 6.33. The lowest BCUT2D eigenvalue weighted by atomic mass is 10.3. The van der Waals surface area contributed by atoms with E-state index >= 15 is 0 Å². The van der Waals surface area contributed by atoms with Gasteiger partial charge in [-0.25, -0.2) is 0 Å². The summed E-state index contributed by atoms with van der Waals surface area (Å²) in [5.74, 6) is 1.00. The molecule has 0 aliphatic rings. The minimum Gasteiger partial charge on any atom is -0.396 e. The SMILES string of the molecule is CCCCn1c(C#N)cc(N)c1N(CC)CC. The maximum atomic E-state index is 9.14. The summed E-state index contributed by atoms with van der Waals surface area (Å²) in [5.41, 5.74) is 7.40. The molecule has 1 rings (SSSR count). The molecule has 0 aromatic carbocycles. The van der Waals surface area contributed by atoms with Crippen molar-refractivity contribution in [3.8, 4) is 6.07 Å². The van der Waals surface area contributed by atoms with Crippen LogP contribution in [0.15, 0.2) is 6.07 Å². The van der Waals surface area contributed by atoms with Gasteiger partial charge in [0, 0.05) is 19.6 Å². The molecule has 4 nitrogen and oxygen atoms in total. The van der Waals surface area contributed by atoms with Gasteiger partial charge in [0.2, 0.25) is 0 Å². The summed E-state index contributed by atoms with van der Waals surface area (Å²) in [6.45, 7) is 9.03. The van der Waals surface area contributed by atoms with Crippen molar-refractivity contribution >= 4 is 11.5 Å². The fourth-order valence-electron chi connectivity index (χ4n) is 2.07. The van der Waals surface area contributed by atoms with Gasteiger partial charge >= 0.3 is 0 Å². The van der Waals surface area contributed by atoms with Crippen LogP contribution >= 0.6 is 0 Å². The molecule has 2 N–H and O–H groups in total. The number of nitriles is 1. The molecule has 0 radical (unpaired) electrons. The van der Waals surface area contributed by atoms with E-state index in [0.29, 0.717) is 11.4 Å². The highest BCUT2D eigenvalue weighted by atomic mass is 15.2. The highest BCUT2D eigenvalue weighted by molar-refractivity contribution is 5.67. The van der Waals surface area contributed by atoms with Gasteiger partial charge in [0.05, 0.1) is 5.69 Å². The molecule has 0 spiro atoms. The lowest BCUT2D eigenvalue weighted by molar-refractivity contribution is 0.619. The molecule has 1 aromatic rings. The molecule has 17 heavy (non-hydrogen) atoms. The smallest absolute Gasteiger partial charge is 0.133 e. The minimum atomic E-state index is 0.665. The van der Waals surface area contributed by atoms with Gasteiger partial charge in [-0.3, -0.25) is 0 Å². The van der Waals surface area contributed by atoms with Crippen LogP contribution in [0.25, 0.3) is 0 Å². The Balaban J connectivity index is 3.17. The summed E-state index contributed by atoms with van der Waals surface area (Å²) in [6, 6.07) is 4.01. The zero-order chi connectivity index (χ0) is 12.8. The standard InChI is InChI=1S/C13H22N4/c1-4-7-8-17-11(10-14)9-12(15)13(17)16(5-2)6-3/h9H,4-8,15H2,1-3H3. The number of nitrogen functional groups attached to an aromatic ring is 1. The molecule has 0 atom stereocenters. The molecule has 4 heteroatoms. The van der Waals surface area contributed by atoms with Crippen LogP contribution in [-0.2, 0) is 6.54 Å². The van der Waals surface area contributed by atoms with Crippen molar-refractivity contribution in [3.05, 3.63) is 11.8 Å². The van der Waals surface area contributed by atoms with Gasteiger partial charge in [-0.05, 0) is 26.3 Å². The third-order valence-corrected chi connectivity index (χ3v) is 3.01. The third-order valence-electron chi connectivity index (χ3n) is 3.01. The lowest BCUT2D eigenvalue weighted by Gasteiger charge is -2.24. The molecule has 0 aliphatic carbocycles. The topological polar surface area (TPSA) is 58.0 Å².